The molecule has 2 heterocycles. The van der Waals surface area contributed by atoms with Gasteiger partial charge in [-0.05, 0) is 85.0 Å². The predicted octanol–water partition coefficient (Wildman–Crippen LogP) is 5.11. The number of rotatable bonds is 5. The van der Waals surface area contributed by atoms with E-state index in [1.165, 1.54) is 9.80 Å². The molecule has 190 valence electrons. The number of allylic oxidation sites excluding steroid dienone is 4. The summed E-state index contributed by atoms with van der Waals surface area (Å²) in [6.07, 6.45) is 10.3. The molecule has 0 spiro atoms. The molecule has 4 bridgehead atoms. The lowest BCUT2D eigenvalue weighted by molar-refractivity contribution is -0.124. The average molecular weight is 541 g/mol. The first-order chi connectivity index (χ1) is 18.5. The summed E-state index contributed by atoms with van der Waals surface area (Å²) in [5.74, 6) is -0.187. The first kappa shape index (κ1) is 22.8. The Kier molecular flexibility index (Phi) is 4.93. The summed E-state index contributed by atoms with van der Waals surface area (Å²) < 4.78 is 0. The van der Waals surface area contributed by atoms with Gasteiger partial charge in [-0.3, -0.25) is 29.0 Å². The Hall–Kier alpha value is -3.10. The van der Waals surface area contributed by atoms with Crippen molar-refractivity contribution in [2.24, 2.45) is 47.3 Å². The van der Waals surface area contributed by atoms with E-state index in [1.807, 2.05) is 48.5 Å². The summed E-state index contributed by atoms with van der Waals surface area (Å²) in [5.41, 5.74) is 1.28. The van der Waals surface area contributed by atoms with Gasteiger partial charge in [0.25, 0.3) is 0 Å². The molecular weight excluding hydrogens is 516 g/mol. The average Bonchev–Trinajstić information content (AvgIpc) is 3.77. The van der Waals surface area contributed by atoms with Crippen molar-refractivity contribution >= 4 is 56.6 Å². The Morgan fingerprint density at radius 2 is 0.763 bits per heavy atom. The van der Waals surface area contributed by atoms with Crippen LogP contribution in [0.4, 0.5) is 11.4 Å². The van der Waals surface area contributed by atoms with Crippen LogP contribution in [0.1, 0.15) is 12.8 Å². The van der Waals surface area contributed by atoms with Crippen LogP contribution in [-0.4, -0.2) is 23.6 Å². The summed E-state index contributed by atoms with van der Waals surface area (Å²) >= 11 is 0. The summed E-state index contributed by atoms with van der Waals surface area (Å²) in [6.45, 7) is 0. The van der Waals surface area contributed by atoms with Gasteiger partial charge in [0.15, 0.2) is 0 Å². The molecule has 0 unspecified atom stereocenters. The molecule has 6 nitrogen and oxygen atoms in total. The molecule has 38 heavy (non-hydrogen) atoms. The van der Waals surface area contributed by atoms with Gasteiger partial charge in [-0.25, -0.2) is 0 Å². The molecule has 0 radical (unpaired) electrons. The molecule has 0 N–H and O–H groups in total. The summed E-state index contributed by atoms with van der Waals surface area (Å²) in [7, 11) is 3.16. The first-order valence-electron chi connectivity index (χ1n) is 13.2. The number of amides is 4. The lowest BCUT2D eigenvalue weighted by atomic mass is 9.85. The molecule has 2 saturated heterocycles. The third-order valence-corrected chi connectivity index (χ3v) is 11.8. The Balaban J connectivity index is 0.925. The van der Waals surface area contributed by atoms with Gasteiger partial charge < -0.3 is 0 Å². The van der Waals surface area contributed by atoms with Gasteiger partial charge in [0.1, 0.15) is 0 Å². The standard InChI is InChI=1S/C30H24N2O4S2/c33-27-23-15-1-2-16(13-15)24(23)28(34)31(27)19-5-9-21(10-6-19)37-38-22-11-7-20(8-12-22)32-29(35)25-17-3-4-18(14-17)26(25)30(32)36/h1-12,15-18,23-26H,13-14H2/t15-,16-,17-,18-,23+,24+,25+,26+/m0/s1. The Morgan fingerprint density at radius 1 is 0.474 bits per heavy atom. The van der Waals surface area contributed by atoms with E-state index in [1.54, 1.807) is 21.6 Å². The minimum absolute atomic E-state index is 0.0609. The second-order valence-electron chi connectivity index (χ2n) is 11.2. The van der Waals surface area contributed by atoms with Gasteiger partial charge >= 0.3 is 0 Å². The second kappa shape index (κ2) is 8.20. The van der Waals surface area contributed by atoms with Crippen molar-refractivity contribution in [2.75, 3.05) is 9.80 Å². The molecule has 8 heteroatoms. The molecule has 6 aliphatic rings. The number of carbonyl (C=O) groups is 4. The van der Waals surface area contributed by atoms with E-state index < -0.39 is 0 Å². The van der Waals surface area contributed by atoms with Gasteiger partial charge in [-0.2, -0.15) is 0 Å². The molecule has 2 aliphatic heterocycles. The van der Waals surface area contributed by atoms with Gasteiger partial charge in [-0.15, -0.1) is 0 Å². The van der Waals surface area contributed by atoms with E-state index in [2.05, 4.69) is 24.3 Å². The third kappa shape index (κ3) is 3.10. The molecule has 8 atom stereocenters. The maximum absolute atomic E-state index is 13.1. The van der Waals surface area contributed by atoms with Crippen molar-refractivity contribution in [1.82, 2.24) is 0 Å². The smallest absolute Gasteiger partial charge is 0.238 e. The predicted molar refractivity (Wildman–Crippen MR) is 145 cm³/mol. The van der Waals surface area contributed by atoms with Crippen molar-refractivity contribution in [2.45, 2.75) is 22.6 Å². The minimum atomic E-state index is -0.192. The molecule has 2 aromatic rings. The molecule has 2 aromatic carbocycles. The number of imide groups is 2. The number of nitrogens with zero attached hydrogens (tertiary/aromatic N) is 2. The van der Waals surface area contributed by atoms with Gasteiger partial charge in [0, 0.05) is 9.79 Å². The first-order valence-corrected chi connectivity index (χ1v) is 15.3. The van der Waals surface area contributed by atoms with Gasteiger partial charge in [0.2, 0.25) is 23.6 Å². The lowest BCUT2D eigenvalue weighted by Crippen LogP contribution is -2.32. The van der Waals surface area contributed by atoms with E-state index in [9.17, 15) is 19.2 Å². The fourth-order valence-electron chi connectivity index (χ4n) is 7.71. The Morgan fingerprint density at radius 3 is 1.05 bits per heavy atom. The molecule has 0 aromatic heterocycles. The van der Waals surface area contributed by atoms with Crippen molar-refractivity contribution in [1.29, 1.82) is 0 Å². The van der Waals surface area contributed by atoms with Crippen LogP contribution in [0.2, 0.25) is 0 Å². The highest BCUT2D eigenvalue weighted by molar-refractivity contribution is 8.76. The maximum Gasteiger partial charge on any atom is 0.238 e. The van der Waals surface area contributed by atoms with E-state index >= 15 is 0 Å². The van der Waals surface area contributed by atoms with E-state index in [4.69, 9.17) is 0 Å². The quantitative estimate of drug-likeness (QED) is 0.298. The number of benzene rings is 2. The van der Waals surface area contributed by atoms with Crippen LogP contribution >= 0.6 is 21.6 Å². The zero-order valence-corrected chi connectivity index (χ0v) is 21.9. The molecule has 2 saturated carbocycles. The summed E-state index contributed by atoms with van der Waals surface area (Å²) in [4.78, 5) is 57.0. The minimum Gasteiger partial charge on any atom is -0.274 e. The van der Waals surface area contributed by atoms with Crippen LogP contribution in [0.15, 0.2) is 82.6 Å². The topological polar surface area (TPSA) is 74.8 Å². The normalized spacial score (nSPS) is 35.8. The fourth-order valence-corrected chi connectivity index (χ4v) is 9.64. The van der Waals surface area contributed by atoms with Crippen LogP contribution in [-0.2, 0) is 19.2 Å². The zero-order chi connectivity index (χ0) is 25.7. The van der Waals surface area contributed by atoms with Crippen LogP contribution in [0.5, 0.6) is 0 Å². The van der Waals surface area contributed by atoms with E-state index in [-0.39, 0.29) is 71.0 Å². The number of anilines is 2. The molecule has 4 aliphatic carbocycles. The van der Waals surface area contributed by atoms with E-state index in [0.29, 0.717) is 11.4 Å². The van der Waals surface area contributed by atoms with Gasteiger partial charge in [0.05, 0.1) is 35.0 Å². The zero-order valence-electron chi connectivity index (χ0n) is 20.3. The molecular formula is C30H24N2O4S2. The Bertz CT molecular complexity index is 1290. The van der Waals surface area contributed by atoms with Crippen LogP contribution in [0.3, 0.4) is 0 Å². The van der Waals surface area contributed by atoms with Crippen molar-refractivity contribution in [3.63, 3.8) is 0 Å². The van der Waals surface area contributed by atoms with Crippen molar-refractivity contribution in [3.8, 4) is 0 Å². The highest BCUT2D eigenvalue weighted by Crippen LogP contribution is 2.54. The summed E-state index contributed by atoms with van der Waals surface area (Å²) in [5, 5.41) is 0. The van der Waals surface area contributed by atoms with Crippen LogP contribution < -0.4 is 9.80 Å². The monoisotopic (exact) mass is 540 g/mol. The Labute approximate surface area is 227 Å². The fraction of sp³-hybridized carbons (Fsp3) is 0.333. The molecule has 4 fully saturated rings. The largest absolute Gasteiger partial charge is 0.274 e. The number of hydrogen-bond acceptors (Lipinski definition) is 6. The number of hydrogen-bond donors (Lipinski definition) is 0. The molecule has 4 amide bonds. The van der Waals surface area contributed by atoms with Crippen LogP contribution in [0, 0.1) is 47.3 Å². The second-order valence-corrected chi connectivity index (χ2v) is 13.5. The highest BCUT2D eigenvalue weighted by Gasteiger charge is 2.60. The van der Waals surface area contributed by atoms with Crippen molar-refractivity contribution < 1.29 is 19.2 Å². The SMILES string of the molecule is O=C1[C@H]2[C@H](C(=O)N1c1ccc(SSc3ccc(N4C(=O)[C@H]5[C@H](C4=O)[C@H]4C=C[C@H]5C4)cc3)cc1)[C@H]1C=C[C@H]2C1. The van der Waals surface area contributed by atoms with Gasteiger partial charge in [-0.1, -0.05) is 45.9 Å². The number of fused-ring (bicyclic) bond motifs is 10. The lowest BCUT2D eigenvalue weighted by Gasteiger charge is -2.18. The number of carbonyl (C=O) groups excluding carboxylic acids is 4. The highest BCUT2D eigenvalue weighted by atomic mass is 33.1. The van der Waals surface area contributed by atoms with Crippen molar-refractivity contribution in [3.05, 3.63) is 72.8 Å². The third-order valence-electron chi connectivity index (χ3n) is 9.36. The maximum atomic E-state index is 13.1. The van der Waals surface area contributed by atoms with Crippen LogP contribution in [0.25, 0.3) is 0 Å². The van der Waals surface area contributed by atoms with E-state index in [0.717, 1.165) is 22.6 Å². The summed E-state index contributed by atoms with van der Waals surface area (Å²) in [6, 6.07) is 15.1. The molecule has 8 rings (SSSR count).